The van der Waals surface area contributed by atoms with Crippen LogP contribution in [0.1, 0.15) is 5.56 Å². The fourth-order valence-electron chi connectivity index (χ4n) is 2.76. The lowest BCUT2D eigenvalue weighted by Gasteiger charge is -2.02. The molecule has 27 heavy (non-hydrogen) atoms. The normalized spacial score (nSPS) is 9.93. The van der Waals surface area contributed by atoms with Crippen LogP contribution in [0.25, 0.3) is 22.5 Å². The van der Waals surface area contributed by atoms with Crippen LogP contribution in [-0.4, -0.2) is 9.97 Å². The molecule has 0 saturated heterocycles. The van der Waals surface area contributed by atoms with Crippen molar-refractivity contribution in [2.75, 3.05) is 0 Å². The largest absolute Gasteiger partial charge is 0.332 e. The van der Waals surface area contributed by atoms with Gasteiger partial charge in [-0.15, -0.1) is 24.8 Å². The summed E-state index contributed by atoms with van der Waals surface area (Å²) in [5, 5.41) is 0.946. The van der Waals surface area contributed by atoms with Crippen molar-refractivity contribution in [2.24, 2.45) is 0 Å². The molecule has 4 aromatic rings. The van der Waals surface area contributed by atoms with Crippen molar-refractivity contribution in [1.29, 1.82) is 0 Å². The molecule has 1 heterocycles. The minimum absolute atomic E-state index is 0. The average Bonchev–Trinajstić information content (AvgIpc) is 3.13. The minimum atomic E-state index is 0. The molecule has 0 aliphatic heterocycles. The third-order valence-corrected chi connectivity index (χ3v) is 4.95. The molecule has 3 aromatic carbocycles. The highest BCUT2D eigenvalue weighted by Crippen LogP contribution is 2.33. The van der Waals surface area contributed by atoms with Gasteiger partial charge in [0.05, 0.1) is 11.4 Å². The molecular formula is C22H20Cl2N2S. The Kier molecular flexibility index (Phi) is 7.99. The van der Waals surface area contributed by atoms with E-state index < -0.39 is 0 Å². The summed E-state index contributed by atoms with van der Waals surface area (Å²) in [7, 11) is 0. The van der Waals surface area contributed by atoms with Gasteiger partial charge in [-0.25, -0.2) is 4.98 Å². The fourth-order valence-corrected chi connectivity index (χ4v) is 3.59. The topological polar surface area (TPSA) is 28.7 Å². The highest BCUT2D eigenvalue weighted by Gasteiger charge is 2.14. The maximum absolute atomic E-state index is 4.88. The summed E-state index contributed by atoms with van der Waals surface area (Å²) < 4.78 is 0. The Bertz CT molecular complexity index is 885. The molecule has 0 aliphatic carbocycles. The molecule has 1 aromatic heterocycles. The fraction of sp³-hybridized carbons (Fsp3) is 0.0455. The van der Waals surface area contributed by atoms with Crippen molar-refractivity contribution in [3.63, 3.8) is 0 Å². The number of hydrogen-bond donors (Lipinski definition) is 1. The van der Waals surface area contributed by atoms with E-state index in [0.29, 0.717) is 0 Å². The first-order valence-corrected chi connectivity index (χ1v) is 9.26. The first-order valence-electron chi connectivity index (χ1n) is 8.28. The Labute approximate surface area is 176 Å². The number of imidazole rings is 1. The number of halogens is 2. The number of aromatic nitrogens is 2. The number of thioether (sulfide) groups is 1. The summed E-state index contributed by atoms with van der Waals surface area (Å²) in [6.07, 6.45) is 0. The summed E-state index contributed by atoms with van der Waals surface area (Å²) in [5.74, 6) is 0.900. The lowest BCUT2D eigenvalue weighted by Crippen LogP contribution is -1.82. The molecule has 0 unspecified atom stereocenters. The predicted octanol–water partition coefficient (Wildman–Crippen LogP) is 6.88. The van der Waals surface area contributed by atoms with Crippen molar-refractivity contribution in [1.82, 2.24) is 9.97 Å². The van der Waals surface area contributed by atoms with Gasteiger partial charge in [0, 0.05) is 16.9 Å². The number of benzene rings is 3. The molecule has 1 N–H and O–H groups in total. The van der Waals surface area contributed by atoms with Gasteiger partial charge in [-0.2, -0.15) is 0 Å². The van der Waals surface area contributed by atoms with Crippen molar-refractivity contribution < 1.29 is 0 Å². The first-order chi connectivity index (χ1) is 12.4. The minimum Gasteiger partial charge on any atom is -0.332 e. The summed E-state index contributed by atoms with van der Waals surface area (Å²) in [6.45, 7) is 0. The maximum Gasteiger partial charge on any atom is 0.166 e. The zero-order valence-electron chi connectivity index (χ0n) is 14.5. The van der Waals surface area contributed by atoms with Gasteiger partial charge in [-0.05, 0) is 5.56 Å². The SMILES string of the molecule is Cl.Cl.c1ccc(CSc2nc(-c3ccccc3)c(-c3ccccc3)[nH]2)cc1. The van der Waals surface area contributed by atoms with Gasteiger partial charge in [0.1, 0.15) is 0 Å². The van der Waals surface area contributed by atoms with Crippen LogP contribution in [0, 0.1) is 0 Å². The van der Waals surface area contributed by atoms with Crippen molar-refractivity contribution in [3.8, 4) is 22.5 Å². The summed E-state index contributed by atoms with van der Waals surface area (Å²) in [5.41, 5.74) is 5.65. The maximum atomic E-state index is 4.88. The number of H-pyrrole nitrogens is 1. The Hall–Kier alpha value is -2.20. The van der Waals surface area contributed by atoms with Gasteiger partial charge < -0.3 is 4.98 Å². The molecule has 0 saturated carbocycles. The summed E-state index contributed by atoms with van der Waals surface area (Å²) >= 11 is 1.73. The predicted molar refractivity (Wildman–Crippen MR) is 120 cm³/mol. The Morgan fingerprint density at radius 2 is 1.19 bits per heavy atom. The van der Waals surface area contributed by atoms with Gasteiger partial charge in [-0.1, -0.05) is 103 Å². The highest BCUT2D eigenvalue weighted by atomic mass is 35.5. The van der Waals surface area contributed by atoms with E-state index >= 15 is 0 Å². The molecule has 4 rings (SSSR count). The Balaban J connectivity index is 0.00000131. The Morgan fingerprint density at radius 1 is 0.667 bits per heavy atom. The van der Waals surface area contributed by atoms with E-state index in [1.807, 2.05) is 18.2 Å². The van der Waals surface area contributed by atoms with Gasteiger partial charge in [0.2, 0.25) is 0 Å². The third-order valence-electron chi connectivity index (χ3n) is 4.01. The van der Waals surface area contributed by atoms with Crippen LogP contribution in [0.5, 0.6) is 0 Å². The highest BCUT2D eigenvalue weighted by molar-refractivity contribution is 7.98. The number of hydrogen-bond acceptors (Lipinski definition) is 2. The average molecular weight is 415 g/mol. The molecule has 0 radical (unpaired) electrons. The van der Waals surface area contributed by atoms with Gasteiger partial charge in [0.25, 0.3) is 0 Å². The van der Waals surface area contributed by atoms with E-state index in [0.717, 1.165) is 33.4 Å². The van der Waals surface area contributed by atoms with E-state index in [1.165, 1.54) is 5.56 Å². The quantitative estimate of drug-likeness (QED) is 0.360. The first kappa shape index (κ1) is 21.1. The standard InChI is InChI=1S/C22H18N2S.2ClH/c1-4-10-17(11-5-1)16-25-22-23-20(18-12-6-2-7-13-18)21(24-22)19-14-8-3-9-15-19;;/h1-15H,16H2,(H,23,24);2*1H. The second-order valence-corrected chi connectivity index (χ2v) is 6.74. The third kappa shape index (κ3) is 5.16. The number of nitrogens with zero attached hydrogens (tertiary/aromatic N) is 1. The number of nitrogens with one attached hydrogen (secondary N) is 1. The van der Waals surface area contributed by atoms with Crippen molar-refractivity contribution in [3.05, 3.63) is 96.6 Å². The zero-order chi connectivity index (χ0) is 16.9. The van der Waals surface area contributed by atoms with E-state index in [1.54, 1.807) is 11.8 Å². The lowest BCUT2D eigenvalue weighted by molar-refractivity contribution is 1.06. The molecule has 0 spiro atoms. The van der Waals surface area contributed by atoms with Gasteiger partial charge in [-0.3, -0.25) is 0 Å². The summed E-state index contributed by atoms with van der Waals surface area (Å²) in [6, 6.07) is 31.2. The van der Waals surface area contributed by atoms with E-state index in [9.17, 15) is 0 Å². The number of rotatable bonds is 5. The van der Waals surface area contributed by atoms with Crippen molar-refractivity contribution >= 4 is 36.6 Å². The zero-order valence-corrected chi connectivity index (χ0v) is 17.0. The number of aromatic amines is 1. The van der Waals surface area contributed by atoms with Crippen LogP contribution in [0.2, 0.25) is 0 Å². The molecule has 138 valence electrons. The Morgan fingerprint density at radius 3 is 1.78 bits per heavy atom. The van der Waals surface area contributed by atoms with Crippen LogP contribution >= 0.6 is 36.6 Å². The van der Waals surface area contributed by atoms with Gasteiger partial charge in [0.15, 0.2) is 5.16 Å². The smallest absolute Gasteiger partial charge is 0.166 e. The van der Waals surface area contributed by atoms with Gasteiger partial charge >= 0.3 is 0 Å². The molecule has 5 heteroatoms. The molecule has 0 amide bonds. The van der Waals surface area contributed by atoms with Crippen LogP contribution in [-0.2, 0) is 5.75 Å². The second-order valence-electron chi connectivity index (χ2n) is 5.77. The van der Waals surface area contributed by atoms with Crippen LogP contribution < -0.4 is 0 Å². The van der Waals surface area contributed by atoms with Crippen molar-refractivity contribution in [2.45, 2.75) is 10.9 Å². The summed E-state index contributed by atoms with van der Waals surface area (Å²) in [4.78, 5) is 8.40. The van der Waals surface area contributed by atoms with Crippen LogP contribution in [0.4, 0.5) is 0 Å². The van der Waals surface area contributed by atoms with Crippen LogP contribution in [0.3, 0.4) is 0 Å². The molecule has 2 nitrogen and oxygen atoms in total. The van der Waals surface area contributed by atoms with E-state index in [-0.39, 0.29) is 24.8 Å². The molecule has 0 fully saturated rings. The molecule has 0 atom stereocenters. The van der Waals surface area contributed by atoms with E-state index in [4.69, 9.17) is 4.98 Å². The second kappa shape index (κ2) is 10.2. The van der Waals surface area contributed by atoms with E-state index in [2.05, 4.69) is 77.8 Å². The molecule has 0 bridgehead atoms. The molecule has 0 aliphatic rings. The lowest BCUT2D eigenvalue weighted by atomic mass is 10.1. The molecular weight excluding hydrogens is 395 g/mol. The van der Waals surface area contributed by atoms with Crippen LogP contribution in [0.15, 0.2) is 96.2 Å². The monoisotopic (exact) mass is 414 g/mol.